The Kier molecular flexibility index (Phi) is 4.61. The summed E-state index contributed by atoms with van der Waals surface area (Å²) in [6, 6.07) is 2.46. The lowest BCUT2D eigenvalue weighted by Crippen LogP contribution is -2.17. The Morgan fingerprint density at radius 3 is 2.56 bits per heavy atom. The van der Waals surface area contributed by atoms with Crippen molar-refractivity contribution in [2.45, 2.75) is 23.4 Å². The van der Waals surface area contributed by atoms with Crippen LogP contribution in [0.25, 0.3) is 0 Å². The maximum absolute atomic E-state index is 12.2. The molecular formula is C10H13F3N2S. The maximum atomic E-state index is 12.2. The van der Waals surface area contributed by atoms with Gasteiger partial charge in [0.05, 0.1) is 10.6 Å². The SMILES string of the molecule is CNCC(C)Sc1ccc(C(F)(F)F)cn1. The highest BCUT2D eigenvalue weighted by Crippen LogP contribution is 2.30. The Hall–Kier alpha value is -0.750. The molecule has 1 atom stereocenters. The van der Waals surface area contributed by atoms with Gasteiger partial charge in [-0.25, -0.2) is 4.98 Å². The van der Waals surface area contributed by atoms with Gasteiger partial charge >= 0.3 is 6.18 Å². The van der Waals surface area contributed by atoms with E-state index in [1.165, 1.54) is 17.8 Å². The number of pyridine rings is 1. The Bertz CT molecular complexity index is 324. The van der Waals surface area contributed by atoms with Gasteiger partial charge in [-0.3, -0.25) is 0 Å². The number of thioether (sulfide) groups is 1. The highest BCUT2D eigenvalue weighted by atomic mass is 32.2. The number of aromatic nitrogens is 1. The third-order valence-electron chi connectivity index (χ3n) is 1.88. The summed E-state index contributed by atoms with van der Waals surface area (Å²) in [5, 5.41) is 3.87. The molecule has 0 aromatic carbocycles. The second-order valence-electron chi connectivity index (χ2n) is 3.37. The fraction of sp³-hybridized carbons (Fsp3) is 0.500. The first-order valence-electron chi connectivity index (χ1n) is 4.78. The van der Waals surface area contributed by atoms with Crippen LogP contribution in [0.3, 0.4) is 0 Å². The Morgan fingerprint density at radius 1 is 1.44 bits per heavy atom. The minimum atomic E-state index is -4.31. The van der Waals surface area contributed by atoms with Crippen LogP contribution in [0.15, 0.2) is 23.4 Å². The number of alkyl halides is 3. The zero-order valence-corrected chi connectivity index (χ0v) is 9.82. The fourth-order valence-electron chi connectivity index (χ4n) is 1.15. The molecule has 16 heavy (non-hydrogen) atoms. The summed E-state index contributed by atoms with van der Waals surface area (Å²) in [5.74, 6) is 0. The molecule has 2 nitrogen and oxygen atoms in total. The van der Waals surface area contributed by atoms with E-state index in [1.807, 2.05) is 14.0 Å². The molecule has 0 radical (unpaired) electrons. The number of halogens is 3. The summed E-state index contributed by atoms with van der Waals surface area (Å²) in [7, 11) is 1.83. The molecule has 1 aromatic heterocycles. The monoisotopic (exact) mass is 250 g/mol. The van der Waals surface area contributed by atoms with Crippen molar-refractivity contribution in [3.8, 4) is 0 Å². The van der Waals surface area contributed by atoms with E-state index in [-0.39, 0.29) is 5.25 Å². The van der Waals surface area contributed by atoms with Crippen LogP contribution in [-0.4, -0.2) is 23.8 Å². The first-order chi connectivity index (χ1) is 7.43. The second kappa shape index (κ2) is 5.54. The third kappa shape index (κ3) is 4.02. The highest BCUT2D eigenvalue weighted by Gasteiger charge is 2.30. The largest absolute Gasteiger partial charge is 0.417 e. The van der Waals surface area contributed by atoms with Crippen LogP contribution in [-0.2, 0) is 6.18 Å². The molecule has 0 saturated carbocycles. The molecule has 0 bridgehead atoms. The Labute approximate surface area is 96.6 Å². The van der Waals surface area contributed by atoms with E-state index >= 15 is 0 Å². The summed E-state index contributed by atoms with van der Waals surface area (Å²) in [4.78, 5) is 3.78. The molecular weight excluding hydrogens is 237 g/mol. The smallest absolute Gasteiger partial charge is 0.319 e. The van der Waals surface area contributed by atoms with Crippen LogP contribution < -0.4 is 5.32 Å². The zero-order chi connectivity index (χ0) is 12.2. The molecule has 90 valence electrons. The van der Waals surface area contributed by atoms with Gasteiger partial charge in [-0.2, -0.15) is 13.2 Å². The Morgan fingerprint density at radius 2 is 2.12 bits per heavy atom. The molecule has 0 saturated heterocycles. The van der Waals surface area contributed by atoms with Gasteiger partial charge in [0.1, 0.15) is 0 Å². The predicted molar refractivity (Wildman–Crippen MR) is 58.5 cm³/mol. The molecule has 0 spiro atoms. The first kappa shape index (κ1) is 13.3. The molecule has 1 N–H and O–H groups in total. The topological polar surface area (TPSA) is 24.9 Å². The fourth-order valence-corrected chi connectivity index (χ4v) is 2.08. The summed E-state index contributed by atoms with van der Waals surface area (Å²) in [6.07, 6.45) is -3.44. The van der Waals surface area contributed by atoms with Crippen LogP contribution in [0, 0.1) is 0 Å². The molecule has 0 fully saturated rings. The summed E-state index contributed by atoms with van der Waals surface area (Å²) in [5.41, 5.74) is -0.710. The molecule has 1 rings (SSSR count). The quantitative estimate of drug-likeness (QED) is 0.832. The van der Waals surface area contributed by atoms with Crippen LogP contribution in [0.1, 0.15) is 12.5 Å². The molecule has 0 aliphatic carbocycles. The van der Waals surface area contributed by atoms with Crippen molar-refractivity contribution in [3.63, 3.8) is 0 Å². The summed E-state index contributed by atoms with van der Waals surface area (Å²) < 4.78 is 36.7. The van der Waals surface area contributed by atoms with E-state index in [0.717, 1.165) is 18.8 Å². The molecule has 0 amide bonds. The van der Waals surface area contributed by atoms with Crippen molar-refractivity contribution in [2.24, 2.45) is 0 Å². The average Bonchev–Trinajstić information content (AvgIpc) is 2.17. The van der Waals surface area contributed by atoms with Crippen molar-refractivity contribution in [1.29, 1.82) is 0 Å². The van der Waals surface area contributed by atoms with Crippen molar-refractivity contribution in [1.82, 2.24) is 10.3 Å². The second-order valence-corrected chi connectivity index (χ2v) is 4.83. The van der Waals surface area contributed by atoms with E-state index in [4.69, 9.17) is 0 Å². The molecule has 1 aromatic rings. The summed E-state index contributed by atoms with van der Waals surface area (Å²) >= 11 is 1.45. The van der Waals surface area contributed by atoms with Gasteiger partial charge in [0.15, 0.2) is 0 Å². The minimum Gasteiger partial charge on any atom is -0.319 e. The van der Waals surface area contributed by atoms with Gasteiger partial charge in [-0.05, 0) is 19.2 Å². The van der Waals surface area contributed by atoms with Crippen molar-refractivity contribution < 1.29 is 13.2 Å². The zero-order valence-electron chi connectivity index (χ0n) is 9.01. The molecule has 1 heterocycles. The van der Waals surface area contributed by atoms with Crippen molar-refractivity contribution >= 4 is 11.8 Å². The van der Waals surface area contributed by atoms with Crippen molar-refractivity contribution in [3.05, 3.63) is 23.9 Å². The maximum Gasteiger partial charge on any atom is 0.417 e. The molecule has 0 aliphatic rings. The van der Waals surface area contributed by atoms with Crippen LogP contribution in [0.2, 0.25) is 0 Å². The standard InChI is InChI=1S/C10H13F3N2S/c1-7(5-14-2)16-9-4-3-8(6-15-9)10(11,12)13/h3-4,6-7,14H,5H2,1-2H3. The summed E-state index contributed by atoms with van der Waals surface area (Å²) in [6.45, 7) is 2.77. The third-order valence-corrected chi connectivity index (χ3v) is 2.93. The van der Waals surface area contributed by atoms with Gasteiger partial charge in [-0.1, -0.05) is 6.92 Å². The van der Waals surface area contributed by atoms with Gasteiger partial charge in [0.2, 0.25) is 0 Å². The Balaban J connectivity index is 2.65. The lowest BCUT2D eigenvalue weighted by atomic mass is 10.3. The van der Waals surface area contributed by atoms with Crippen LogP contribution in [0.5, 0.6) is 0 Å². The number of nitrogens with zero attached hydrogens (tertiary/aromatic N) is 1. The minimum absolute atomic E-state index is 0.272. The van der Waals surface area contributed by atoms with E-state index in [9.17, 15) is 13.2 Å². The van der Waals surface area contributed by atoms with Crippen LogP contribution >= 0.6 is 11.8 Å². The van der Waals surface area contributed by atoms with Crippen molar-refractivity contribution in [2.75, 3.05) is 13.6 Å². The van der Waals surface area contributed by atoms with Gasteiger partial charge in [0.25, 0.3) is 0 Å². The lowest BCUT2D eigenvalue weighted by Gasteiger charge is -2.10. The van der Waals surface area contributed by atoms with Gasteiger partial charge in [-0.15, -0.1) is 11.8 Å². The number of rotatable bonds is 4. The van der Waals surface area contributed by atoms with E-state index in [1.54, 1.807) is 0 Å². The average molecular weight is 250 g/mol. The van der Waals surface area contributed by atoms with Gasteiger partial charge in [0, 0.05) is 18.0 Å². The molecule has 0 aliphatic heterocycles. The number of hydrogen-bond donors (Lipinski definition) is 1. The number of nitrogens with one attached hydrogen (secondary N) is 1. The van der Waals surface area contributed by atoms with E-state index in [2.05, 4.69) is 10.3 Å². The molecule has 1 unspecified atom stereocenters. The lowest BCUT2D eigenvalue weighted by molar-refractivity contribution is -0.137. The van der Waals surface area contributed by atoms with E-state index < -0.39 is 11.7 Å². The van der Waals surface area contributed by atoms with E-state index in [0.29, 0.717) is 5.03 Å². The highest BCUT2D eigenvalue weighted by molar-refractivity contribution is 7.99. The number of hydrogen-bond acceptors (Lipinski definition) is 3. The van der Waals surface area contributed by atoms with Crippen LogP contribution in [0.4, 0.5) is 13.2 Å². The normalized spacial score (nSPS) is 13.8. The molecule has 6 heteroatoms. The first-order valence-corrected chi connectivity index (χ1v) is 5.66. The predicted octanol–water partition coefficient (Wildman–Crippen LogP) is 2.80. The van der Waals surface area contributed by atoms with Gasteiger partial charge < -0.3 is 5.32 Å².